The second-order valence-electron chi connectivity index (χ2n) is 7.75. The summed E-state index contributed by atoms with van der Waals surface area (Å²) in [6.07, 6.45) is 0.740. The molecule has 1 amide bonds. The number of pyridine rings is 1. The van der Waals surface area contributed by atoms with E-state index in [0.717, 1.165) is 23.5 Å². The van der Waals surface area contributed by atoms with Crippen molar-refractivity contribution in [2.75, 3.05) is 13.6 Å². The molecule has 0 aliphatic heterocycles. The third-order valence-corrected chi connectivity index (χ3v) is 5.17. The van der Waals surface area contributed by atoms with Gasteiger partial charge in [-0.25, -0.2) is 4.98 Å². The van der Waals surface area contributed by atoms with Crippen LogP contribution in [0.4, 0.5) is 0 Å². The van der Waals surface area contributed by atoms with E-state index in [1.807, 2.05) is 26.8 Å². The third kappa shape index (κ3) is 3.80. The van der Waals surface area contributed by atoms with Crippen molar-refractivity contribution in [3.8, 4) is 11.3 Å². The molecule has 28 heavy (non-hydrogen) atoms. The summed E-state index contributed by atoms with van der Waals surface area (Å²) in [5, 5.41) is 4.65. The summed E-state index contributed by atoms with van der Waals surface area (Å²) in [6.45, 7) is 10.3. The maximum Gasteiger partial charge on any atom is 0.259 e. The van der Waals surface area contributed by atoms with Gasteiger partial charge in [-0.2, -0.15) is 0 Å². The van der Waals surface area contributed by atoms with E-state index in [2.05, 4.69) is 24.0 Å². The van der Waals surface area contributed by atoms with Crippen LogP contribution in [0.3, 0.4) is 0 Å². The predicted molar refractivity (Wildman–Crippen MR) is 108 cm³/mol. The first kappa shape index (κ1) is 20.1. The monoisotopic (exact) mass is 384 g/mol. The van der Waals surface area contributed by atoms with Crippen LogP contribution in [0.5, 0.6) is 0 Å². The summed E-state index contributed by atoms with van der Waals surface area (Å²) in [5.74, 6) is 1.80. The van der Waals surface area contributed by atoms with Crippen molar-refractivity contribution in [2.45, 2.75) is 47.1 Å². The number of carbonyl (C=O) groups excluding carboxylic acids is 1. The molecule has 7 heteroatoms. The van der Waals surface area contributed by atoms with Gasteiger partial charge in [-0.15, -0.1) is 0 Å². The van der Waals surface area contributed by atoms with Crippen molar-refractivity contribution in [3.05, 3.63) is 34.9 Å². The molecule has 0 bridgehead atoms. The highest BCUT2D eigenvalue weighted by molar-refractivity contribution is 6.06. The van der Waals surface area contributed by atoms with Crippen LogP contribution < -0.4 is 5.73 Å². The van der Waals surface area contributed by atoms with Crippen molar-refractivity contribution in [1.29, 1.82) is 0 Å². The van der Waals surface area contributed by atoms with Crippen molar-refractivity contribution in [2.24, 2.45) is 11.7 Å². The number of nitrogens with zero attached hydrogens (tertiary/aromatic N) is 3. The van der Waals surface area contributed by atoms with Gasteiger partial charge >= 0.3 is 0 Å². The fourth-order valence-electron chi connectivity index (χ4n) is 3.27. The normalized spacial score (nSPS) is 12.7. The van der Waals surface area contributed by atoms with Crippen LogP contribution in [0.2, 0.25) is 0 Å². The van der Waals surface area contributed by atoms with Gasteiger partial charge in [-0.3, -0.25) is 4.79 Å². The maximum absolute atomic E-state index is 13.2. The Labute approximate surface area is 164 Å². The van der Waals surface area contributed by atoms with Crippen molar-refractivity contribution in [1.82, 2.24) is 15.0 Å². The topological polar surface area (TPSA) is 98.4 Å². The zero-order chi connectivity index (χ0) is 20.6. The molecule has 0 aliphatic carbocycles. The first-order chi connectivity index (χ1) is 13.2. The van der Waals surface area contributed by atoms with Crippen molar-refractivity contribution < 1.29 is 13.7 Å². The first-order valence-electron chi connectivity index (χ1n) is 9.54. The Morgan fingerprint density at radius 2 is 1.96 bits per heavy atom. The number of furan rings is 1. The molecule has 7 nitrogen and oxygen atoms in total. The Kier molecular flexibility index (Phi) is 5.56. The molecule has 2 N–H and O–H groups in total. The standard InChI is InChI=1S/C21H28N4O3/c1-11(2)17(22)7-8-25(6)21(26)16-10-18(15-9-12(3)27-14(15)5)23-20-19(16)13(4)24-28-20/h9-11,17H,7-8,22H2,1-6H3. The molecule has 0 spiro atoms. The fraction of sp³-hybridized carbons (Fsp3) is 0.476. The SMILES string of the molecule is Cc1cc(-c2cc(C(=O)N(C)CCC(N)C(C)C)c3c(C)noc3n2)c(C)o1. The number of hydrogen-bond donors (Lipinski definition) is 1. The molecule has 1 atom stereocenters. The lowest BCUT2D eigenvalue weighted by atomic mass is 10.0. The number of aryl methyl sites for hydroxylation is 3. The van der Waals surface area contributed by atoms with E-state index in [0.29, 0.717) is 40.5 Å². The number of rotatable bonds is 6. The van der Waals surface area contributed by atoms with Crippen LogP contribution in [0.15, 0.2) is 21.1 Å². The molecule has 0 aromatic carbocycles. The lowest BCUT2D eigenvalue weighted by molar-refractivity contribution is 0.0791. The molecular weight excluding hydrogens is 356 g/mol. The van der Waals surface area contributed by atoms with E-state index in [-0.39, 0.29) is 11.9 Å². The third-order valence-electron chi connectivity index (χ3n) is 5.17. The molecule has 3 rings (SSSR count). The average molecular weight is 384 g/mol. The molecule has 0 saturated carbocycles. The molecule has 150 valence electrons. The first-order valence-corrected chi connectivity index (χ1v) is 9.54. The van der Waals surface area contributed by atoms with E-state index in [1.54, 1.807) is 18.0 Å². The van der Waals surface area contributed by atoms with Crippen molar-refractivity contribution in [3.63, 3.8) is 0 Å². The van der Waals surface area contributed by atoms with Gasteiger partial charge in [-0.05, 0) is 45.2 Å². The second kappa shape index (κ2) is 7.75. The summed E-state index contributed by atoms with van der Waals surface area (Å²) in [5.41, 5.74) is 9.13. The van der Waals surface area contributed by atoms with Gasteiger partial charge in [0.25, 0.3) is 11.6 Å². The zero-order valence-corrected chi connectivity index (χ0v) is 17.4. The summed E-state index contributed by atoms with van der Waals surface area (Å²) in [6, 6.07) is 3.76. The van der Waals surface area contributed by atoms with Crippen LogP contribution >= 0.6 is 0 Å². The molecule has 3 aromatic heterocycles. The highest BCUT2D eigenvalue weighted by Gasteiger charge is 2.23. The highest BCUT2D eigenvalue weighted by Crippen LogP contribution is 2.31. The summed E-state index contributed by atoms with van der Waals surface area (Å²) >= 11 is 0. The quantitative estimate of drug-likeness (QED) is 0.693. The maximum atomic E-state index is 13.2. The van der Waals surface area contributed by atoms with E-state index >= 15 is 0 Å². The van der Waals surface area contributed by atoms with Crippen LogP contribution in [0, 0.1) is 26.7 Å². The molecule has 0 fully saturated rings. The van der Waals surface area contributed by atoms with Crippen LogP contribution in [0.1, 0.15) is 47.8 Å². The minimum atomic E-state index is -0.103. The molecule has 3 aromatic rings. The van der Waals surface area contributed by atoms with Gasteiger partial charge in [0.05, 0.1) is 22.3 Å². The zero-order valence-electron chi connectivity index (χ0n) is 17.4. The van der Waals surface area contributed by atoms with Crippen molar-refractivity contribution >= 4 is 17.0 Å². The number of nitrogens with two attached hydrogens (primary N) is 1. The number of amides is 1. The van der Waals surface area contributed by atoms with Gasteiger partial charge in [0.15, 0.2) is 0 Å². The number of fused-ring (bicyclic) bond motifs is 1. The van der Waals surface area contributed by atoms with Gasteiger partial charge in [-0.1, -0.05) is 19.0 Å². The minimum Gasteiger partial charge on any atom is -0.466 e. The van der Waals surface area contributed by atoms with E-state index < -0.39 is 0 Å². The molecule has 0 radical (unpaired) electrons. The average Bonchev–Trinajstić information content (AvgIpc) is 3.19. The van der Waals surface area contributed by atoms with Crippen LogP contribution in [0.25, 0.3) is 22.4 Å². The molecule has 0 aliphatic rings. The molecule has 1 unspecified atom stereocenters. The van der Waals surface area contributed by atoms with Gasteiger partial charge in [0.1, 0.15) is 11.5 Å². The predicted octanol–water partition coefficient (Wildman–Crippen LogP) is 3.85. The van der Waals surface area contributed by atoms with Crippen LogP contribution in [-0.2, 0) is 0 Å². The number of aromatic nitrogens is 2. The van der Waals surface area contributed by atoms with Gasteiger partial charge in [0, 0.05) is 25.2 Å². The van der Waals surface area contributed by atoms with E-state index in [4.69, 9.17) is 14.7 Å². The smallest absolute Gasteiger partial charge is 0.259 e. The number of hydrogen-bond acceptors (Lipinski definition) is 6. The Balaban J connectivity index is 2.00. The number of carbonyl (C=O) groups is 1. The van der Waals surface area contributed by atoms with Gasteiger partial charge in [0.2, 0.25) is 0 Å². The molecule has 0 saturated heterocycles. The van der Waals surface area contributed by atoms with E-state index in [1.165, 1.54) is 0 Å². The second-order valence-corrected chi connectivity index (χ2v) is 7.75. The summed E-state index contributed by atoms with van der Waals surface area (Å²) in [4.78, 5) is 19.5. The Bertz CT molecular complexity index is 1000. The molecule has 3 heterocycles. The van der Waals surface area contributed by atoms with E-state index in [9.17, 15) is 4.79 Å². The Morgan fingerprint density at radius 1 is 1.25 bits per heavy atom. The lowest BCUT2D eigenvalue weighted by Gasteiger charge is -2.22. The summed E-state index contributed by atoms with van der Waals surface area (Å²) < 4.78 is 11.0. The minimum absolute atomic E-state index is 0.0529. The Morgan fingerprint density at radius 3 is 2.57 bits per heavy atom. The fourth-order valence-corrected chi connectivity index (χ4v) is 3.27. The molecular formula is C21H28N4O3. The van der Waals surface area contributed by atoms with Crippen LogP contribution in [-0.4, -0.2) is 40.6 Å². The largest absolute Gasteiger partial charge is 0.466 e. The lowest BCUT2D eigenvalue weighted by Crippen LogP contribution is -2.34. The Hall–Kier alpha value is -2.67. The summed E-state index contributed by atoms with van der Waals surface area (Å²) in [7, 11) is 1.79. The van der Waals surface area contributed by atoms with Gasteiger partial charge < -0.3 is 19.6 Å². The highest BCUT2D eigenvalue weighted by atomic mass is 16.5.